The SMILES string of the molecule is CCCCNC(=O)[C@H](CC)N(Cc1ccc(F)cc1)C(=O)CSCc1ccc(Cl)c(Cl)c1. The van der Waals surface area contributed by atoms with Crippen molar-refractivity contribution in [2.24, 2.45) is 0 Å². The summed E-state index contributed by atoms with van der Waals surface area (Å²) in [5, 5.41) is 3.90. The Morgan fingerprint density at radius 3 is 2.38 bits per heavy atom. The lowest BCUT2D eigenvalue weighted by Gasteiger charge is -2.30. The van der Waals surface area contributed by atoms with E-state index in [4.69, 9.17) is 23.2 Å². The summed E-state index contributed by atoms with van der Waals surface area (Å²) in [7, 11) is 0. The largest absolute Gasteiger partial charge is 0.354 e. The van der Waals surface area contributed by atoms with E-state index in [0.29, 0.717) is 28.8 Å². The summed E-state index contributed by atoms with van der Waals surface area (Å²) in [5.41, 5.74) is 1.74. The molecule has 2 rings (SSSR count). The number of benzene rings is 2. The van der Waals surface area contributed by atoms with E-state index >= 15 is 0 Å². The molecule has 0 spiro atoms. The highest BCUT2D eigenvalue weighted by Gasteiger charge is 2.28. The Labute approximate surface area is 203 Å². The van der Waals surface area contributed by atoms with Gasteiger partial charge in [-0.1, -0.05) is 61.7 Å². The molecule has 0 unspecified atom stereocenters. The third-order valence-corrected chi connectivity index (χ3v) is 6.69. The predicted octanol–water partition coefficient (Wildman–Crippen LogP) is 6.09. The van der Waals surface area contributed by atoms with E-state index < -0.39 is 6.04 Å². The molecule has 0 aliphatic carbocycles. The van der Waals surface area contributed by atoms with E-state index in [-0.39, 0.29) is 29.9 Å². The quantitative estimate of drug-likeness (QED) is 0.360. The van der Waals surface area contributed by atoms with Crippen LogP contribution in [0.1, 0.15) is 44.2 Å². The molecule has 2 amide bonds. The fraction of sp³-hybridized carbons (Fsp3) is 0.417. The zero-order chi connectivity index (χ0) is 23.5. The summed E-state index contributed by atoms with van der Waals surface area (Å²) < 4.78 is 13.3. The van der Waals surface area contributed by atoms with E-state index in [1.807, 2.05) is 13.0 Å². The first-order valence-corrected chi connectivity index (χ1v) is 12.6. The van der Waals surface area contributed by atoms with E-state index in [2.05, 4.69) is 12.2 Å². The van der Waals surface area contributed by atoms with Crippen LogP contribution in [-0.2, 0) is 21.9 Å². The summed E-state index contributed by atoms with van der Waals surface area (Å²) in [6.45, 7) is 4.76. The number of hydrogen-bond acceptors (Lipinski definition) is 3. The van der Waals surface area contributed by atoms with Gasteiger partial charge in [0.15, 0.2) is 0 Å². The van der Waals surface area contributed by atoms with Crippen LogP contribution >= 0.6 is 35.0 Å². The Kier molecular flexibility index (Phi) is 11.4. The lowest BCUT2D eigenvalue weighted by molar-refractivity contribution is -0.139. The Balaban J connectivity index is 2.10. The third-order valence-electron chi connectivity index (χ3n) is 4.96. The van der Waals surface area contributed by atoms with Gasteiger partial charge in [0.05, 0.1) is 15.8 Å². The first-order valence-electron chi connectivity index (χ1n) is 10.7. The number of nitrogens with zero attached hydrogens (tertiary/aromatic N) is 1. The minimum Gasteiger partial charge on any atom is -0.354 e. The first kappa shape index (κ1) is 26.5. The van der Waals surface area contributed by atoms with Crippen LogP contribution in [0, 0.1) is 5.82 Å². The summed E-state index contributed by atoms with van der Waals surface area (Å²) >= 11 is 13.5. The lowest BCUT2D eigenvalue weighted by Crippen LogP contribution is -2.49. The molecule has 1 atom stereocenters. The van der Waals surface area contributed by atoms with E-state index in [1.165, 1.54) is 23.9 Å². The van der Waals surface area contributed by atoms with Crippen molar-refractivity contribution in [2.75, 3.05) is 12.3 Å². The third kappa shape index (κ3) is 8.30. The number of rotatable bonds is 12. The molecule has 32 heavy (non-hydrogen) atoms. The van der Waals surface area contributed by atoms with Gasteiger partial charge in [-0.15, -0.1) is 11.8 Å². The van der Waals surface area contributed by atoms with Gasteiger partial charge in [0.1, 0.15) is 11.9 Å². The monoisotopic (exact) mass is 498 g/mol. The van der Waals surface area contributed by atoms with E-state index in [1.54, 1.807) is 29.2 Å². The van der Waals surface area contributed by atoms with Gasteiger partial charge in [-0.2, -0.15) is 0 Å². The van der Waals surface area contributed by atoms with Crippen LogP contribution in [0.2, 0.25) is 10.0 Å². The topological polar surface area (TPSA) is 49.4 Å². The van der Waals surface area contributed by atoms with Crippen molar-refractivity contribution in [2.45, 2.75) is 51.4 Å². The molecule has 0 aromatic heterocycles. The predicted molar refractivity (Wildman–Crippen MR) is 132 cm³/mol. The van der Waals surface area contributed by atoms with Gasteiger partial charge in [0.2, 0.25) is 11.8 Å². The van der Waals surface area contributed by atoms with Crippen LogP contribution in [0.3, 0.4) is 0 Å². The van der Waals surface area contributed by atoms with Crippen LogP contribution in [0.25, 0.3) is 0 Å². The molecule has 0 heterocycles. The minimum absolute atomic E-state index is 0.142. The Hall–Kier alpha value is -1.76. The van der Waals surface area contributed by atoms with Crippen LogP contribution in [0.15, 0.2) is 42.5 Å². The number of nitrogens with one attached hydrogen (secondary N) is 1. The molecule has 0 saturated heterocycles. The van der Waals surface area contributed by atoms with Gasteiger partial charge in [0, 0.05) is 18.8 Å². The van der Waals surface area contributed by atoms with Crippen molar-refractivity contribution >= 4 is 46.8 Å². The standard InChI is InChI=1S/C24H29Cl2FN2O2S/c1-3-5-12-28-24(31)22(4-2)29(14-17-6-9-19(27)10-7-17)23(30)16-32-15-18-8-11-20(25)21(26)13-18/h6-11,13,22H,3-5,12,14-16H2,1-2H3,(H,28,31)/t22-/m0/s1. The highest BCUT2D eigenvalue weighted by atomic mass is 35.5. The number of hydrogen-bond donors (Lipinski definition) is 1. The van der Waals surface area contributed by atoms with E-state index in [0.717, 1.165) is 24.0 Å². The van der Waals surface area contributed by atoms with Crippen LogP contribution in [0.5, 0.6) is 0 Å². The number of halogens is 3. The van der Waals surface area contributed by atoms with Crippen molar-refractivity contribution in [3.05, 3.63) is 69.5 Å². The lowest BCUT2D eigenvalue weighted by atomic mass is 10.1. The highest BCUT2D eigenvalue weighted by molar-refractivity contribution is 7.99. The van der Waals surface area contributed by atoms with Gasteiger partial charge in [-0.3, -0.25) is 9.59 Å². The summed E-state index contributed by atoms with van der Waals surface area (Å²) in [4.78, 5) is 27.6. The second-order valence-electron chi connectivity index (χ2n) is 7.46. The molecule has 4 nitrogen and oxygen atoms in total. The molecule has 174 valence electrons. The van der Waals surface area contributed by atoms with Crippen molar-refractivity contribution in [3.63, 3.8) is 0 Å². The maximum absolute atomic E-state index is 13.3. The molecular weight excluding hydrogens is 470 g/mol. The van der Waals surface area contributed by atoms with Crippen molar-refractivity contribution in [3.8, 4) is 0 Å². The molecule has 0 aliphatic rings. The number of unbranched alkanes of at least 4 members (excludes halogenated alkanes) is 1. The molecule has 2 aromatic carbocycles. The molecule has 1 N–H and O–H groups in total. The van der Waals surface area contributed by atoms with Crippen LogP contribution in [0.4, 0.5) is 4.39 Å². The number of carbonyl (C=O) groups is 2. The average molecular weight is 499 g/mol. The second kappa shape index (κ2) is 13.7. The molecule has 0 bridgehead atoms. The Morgan fingerprint density at radius 1 is 1.06 bits per heavy atom. The van der Waals surface area contributed by atoms with Crippen LogP contribution in [-0.4, -0.2) is 35.1 Å². The second-order valence-corrected chi connectivity index (χ2v) is 9.26. The van der Waals surface area contributed by atoms with Crippen LogP contribution < -0.4 is 5.32 Å². The summed E-state index contributed by atoms with van der Waals surface area (Å²) in [5.74, 6) is 0.156. The molecule has 0 saturated carbocycles. The smallest absolute Gasteiger partial charge is 0.242 e. The Morgan fingerprint density at radius 2 is 1.75 bits per heavy atom. The fourth-order valence-corrected chi connectivity index (χ4v) is 4.36. The molecule has 2 aromatic rings. The molecule has 8 heteroatoms. The van der Waals surface area contributed by atoms with Gasteiger partial charge < -0.3 is 10.2 Å². The van der Waals surface area contributed by atoms with Crippen molar-refractivity contribution < 1.29 is 14.0 Å². The first-order chi connectivity index (χ1) is 15.3. The number of thioether (sulfide) groups is 1. The fourth-order valence-electron chi connectivity index (χ4n) is 3.18. The number of amides is 2. The molecule has 0 fully saturated rings. The van der Waals surface area contributed by atoms with Gasteiger partial charge in [0.25, 0.3) is 0 Å². The Bertz CT molecular complexity index is 896. The number of carbonyl (C=O) groups excluding carboxylic acids is 2. The summed E-state index contributed by atoms with van der Waals surface area (Å²) in [6.07, 6.45) is 2.34. The maximum atomic E-state index is 13.3. The van der Waals surface area contributed by atoms with E-state index in [9.17, 15) is 14.0 Å². The minimum atomic E-state index is -0.588. The van der Waals surface area contributed by atoms with Gasteiger partial charge >= 0.3 is 0 Å². The average Bonchev–Trinajstić information content (AvgIpc) is 2.77. The summed E-state index contributed by atoms with van der Waals surface area (Å²) in [6, 6.07) is 10.8. The normalized spacial score (nSPS) is 11.8. The van der Waals surface area contributed by atoms with Gasteiger partial charge in [-0.05, 0) is 48.2 Å². The van der Waals surface area contributed by atoms with Crippen molar-refractivity contribution in [1.29, 1.82) is 0 Å². The zero-order valence-corrected chi connectivity index (χ0v) is 20.7. The molecule has 0 radical (unpaired) electrons. The highest BCUT2D eigenvalue weighted by Crippen LogP contribution is 2.25. The maximum Gasteiger partial charge on any atom is 0.242 e. The van der Waals surface area contributed by atoms with Crippen molar-refractivity contribution in [1.82, 2.24) is 10.2 Å². The zero-order valence-electron chi connectivity index (χ0n) is 18.4. The molecular formula is C24H29Cl2FN2O2S. The molecule has 0 aliphatic heterocycles. The van der Waals surface area contributed by atoms with Gasteiger partial charge in [-0.25, -0.2) is 4.39 Å².